The van der Waals surface area contributed by atoms with Gasteiger partial charge in [-0.05, 0) is 37.0 Å². The zero-order chi connectivity index (χ0) is 14.3. The average molecular weight is 266 g/mol. The summed E-state index contributed by atoms with van der Waals surface area (Å²) in [5.74, 6) is 1.48. The molecule has 0 spiro atoms. The highest BCUT2D eigenvalue weighted by Crippen LogP contribution is 2.28. The Balaban J connectivity index is 2.62. The van der Waals surface area contributed by atoms with E-state index in [0.29, 0.717) is 0 Å². The summed E-state index contributed by atoms with van der Waals surface area (Å²) in [6.07, 6.45) is 4.65. The van der Waals surface area contributed by atoms with Crippen LogP contribution in [0.15, 0.2) is 18.2 Å². The molecule has 108 valence electrons. The van der Waals surface area contributed by atoms with E-state index in [2.05, 4.69) is 6.92 Å². The predicted molar refractivity (Wildman–Crippen MR) is 78.5 cm³/mol. The molecule has 4 N–H and O–H groups in total. The molecular weight excluding hydrogens is 240 g/mol. The molecule has 1 rings (SSSR count). The first kappa shape index (κ1) is 15.8. The van der Waals surface area contributed by atoms with Gasteiger partial charge in [0.2, 0.25) is 0 Å². The van der Waals surface area contributed by atoms with Gasteiger partial charge < -0.3 is 20.9 Å². The molecule has 0 amide bonds. The van der Waals surface area contributed by atoms with Crippen LogP contribution in [0.2, 0.25) is 0 Å². The lowest BCUT2D eigenvalue weighted by atomic mass is 9.96. The van der Waals surface area contributed by atoms with Crippen LogP contribution in [-0.4, -0.2) is 19.9 Å². The molecule has 0 aromatic heterocycles. The van der Waals surface area contributed by atoms with Crippen LogP contribution in [0.3, 0.4) is 0 Å². The molecule has 0 aliphatic heterocycles. The lowest BCUT2D eigenvalue weighted by molar-refractivity contribution is 0.352. The highest BCUT2D eigenvalue weighted by Gasteiger charge is 2.18. The fourth-order valence-corrected chi connectivity index (χ4v) is 2.04. The summed E-state index contributed by atoms with van der Waals surface area (Å²) < 4.78 is 10.5. The second-order valence-electron chi connectivity index (χ2n) is 5.03. The lowest BCUT2D eigenvalue weighted by Crippen LogP contribution is -2.49. The van der Waals surface area contributed by atoms with Crippen LogP contribution in [0.5, 0.6) is 11.5 Å². The molecular formula is C15H26N2O2. The van der Waals surface area contributed by atoms with Gasteiger partial charge in [0.05, 0.1) is 19.9 Å². The van der Waals surface area contributed by atoms with Crippen LogP contribution >= 0.6 is 0 Å². The minimum atomic E-state index is -0.580. The number of nitrogens with two attached hydrogens (primary N) is 2. The molecule has 19 heavy (non-hydrogen) atoms. The van der Waals surface area contributed by atoms with Crippen LogP contribution in [0.1, 0.15) is 38.2 Å². The fraction of sp³-hybridized carbons (Fsp3) is 0.600. The van der Waals surface area contributed by atoms with Crippen molar-refractivity contribution in [2.75, 3.05) is 14.2 Å². The lowest BCUT2D eigenvalue weighted by Gasteiger charge is -2.24. The van der Waals surface area contributed by atoms with Crippen LogP contribution in [0.25, 0.3) is 0 Å². The predicted octanol–water partition coefficient (Wildman–Crippen LogP) is 2.44. The molecule has 0 bridgehead atoms. The van der Waals surface area contributed by atoms with Crippen LogP contribution in [-0.2, 0) is 6.42 Å². The van der Waals surface area contributed by atoms with Crippen molar-refractivity contribution in [1.82, 2.24) is 0 Å². The SMILES string of the molecule is CCCCC(N)(N)CCc1ccc(OC)c(OC)c1. The van der Waals surface area contributed by atoms with Crippen LogP contribution in [0, 0.1) is 0 Å². The Morgan fingerprint density at radius 3 is 2.32 bits per heavy atom. The van der Waals surface area contributed by atoms with Gasteiger partial charge in [-0.2, -0.15) is 0 Å². The van der Waals surface area contributed by atoms with Crippen LogP contribution in [0.4, 0.5) is 0 Å². The Bertz CT molecular complexity index is 392. The highest BCUT2D eigenvalue weighted by atomic mass is 16.5. The average Bonchev–Trinajstić information content (AvgIpc) is 2.42. The summed E-state index contributed by atoms with van der Waals surface area (Å²) in [7, 11) is 3.27. The van der Waals surface area contributed by atoms with E-state index in [1.54, 1.807) is 14.2 Å². The van der Waals surface area contributed by atoms with Gasteiger partial charge in [-0.3, -0.25) is 0 Å². The normalized spacial score (nSPS) is 11.4. The zero-order valence-corrected chi connectivity index (χ0v) is 12.2. The third-order valence-corrected chi connectivity index (χ3v) is 3.32. The minimum absolute atomic E-state index is 0.580. The molecule has 0 atom stereocenters. The third-order valence-electron chi connectivity index (χ3n) is 3.32. The maximum absolute atomic E-state index is 6.10. The molecule has 0 saturated carbocycles. The summed E-state index contributed by atoms with van der Waals surface area (Å²) in [6.45, 7) is 2.14. The fourth-order valence-electron chi connectivity index (χ4n) is 2.04. The molecule has 0 fully saturated rings. The number of ether oxygens (including phenoxy) is 2. The van der Waals surface area contributed by atoms with Gasteiger partial charge in [-0.15, -0.1) is 0 Å². The third kappa shape index (κ3) is 5.09. The van der Waals surface area contributed by atoms with Crippen LogP contribution < -0.4 is 20.9 Å². The topological polar surface area (TPSA) is 70.5 Å². The number of benzene rings is 1. The first-order valence-electron chi connectivity index (χ1n) is 6.81. The maximum atomic E-state index is 6.10. The largest absolute Gasteiger partial charge is 0.493 e. The smallest absolute Gasteiger partial charge is 0.160 e. The second-order valence-corrected chi connectivity index (χ2v) is 5.03. The number of unbranched alkanes of at least 4 members (excludes halogenated alkanes) is 1. The Labute approximate surface area is 116 Å². The van der Waals surface area contributed by atoms with Crippen molar-refractivity contribution in [2.24, 2.45) is 11.5 Å². The van der Waals surface area contributed by atoms with Gasteiger partial charge in [0.1, 0.15) is 0 Å². The molecule has 0 heterocycles. The molecule has 1 aromatic carbocycles. The molecule has 0 unspecified atom stereocenters. The Hall–Kier alpha value is -1.26. The van der Waals surface area contributed by atoms with Crippen molar-refractivity contribution in [3.05, 3.63) is 23.8 Å². The summed E-state index contributed by atoms with van der Waals surface area (Å²) >= 11 is 0. The van der Waals surface area contributed by atoms with Crippen molar-refractivity contribution < 1.29 is 9.47 Å². The summed E-state index contributed by atoms with van der Waals surface area (Å²) in [5.41, 5.74) is 12.8. The summed E-state index contributed by atoms with van der Waals surface area (Å²) in [6, 6.07) is 5.92. The zero-order valence-electron chi connectivity index (χ0n) is 12.2. The van der Waals surface area contributed by atoms with Gasteiger partial charge in [0, 0.05) is 0 Å². The second kappa shape index (κ2) is 7.36. The van der Waals surface area contributed by atoms with Gasteiger partial charge in [-0.25, -0.2) is 0 Å². The van der Waals surface area contributed by atoms with Crippen molar-refractivity contribution in [3.63, 3.8) is 0 Å². The highest BCUT2D eigenvalue weighted by molar-refractivity contribution is 5.42. The van der Waals surface area contributed by atoms with E-state index in [9.17, 15) is 0 Å². The van der Waals surface area contributed by atoms with E-state index < -0.39 is 5.66 Å². The Kier molecular flexibility index (Phi) is 6.12. The number of hydrogen-bond donors (Lipinski definition) is 2. The molecule has 0 radical (unpaired) electrons. The van der Waals surface area contributed by atoms with Crippen molar-refractivity contribution in [3.8, 4) is 11.5 Å². The number of aryl methyl sites for hydroxylation is 1. The van der Waals surface area contributed by atoms with Gasteiger partial charge in [0.25, 0.3) is 0 Å². The molecule has 0 saturated heterocycles. The van der Waals surface area contributed by atoms with E-state index >= 15 is 0 Å². The molecule has 4 heteroatoms. The first-order chi connectivity index (χ1) is 9.02. The summed E-state index contributed by atoms with van der Waals surface area (Å²) in [4.78, 5) is 0. The monoisotopic (exact) mass is 266 g/mol. The quantitative estimate of drug-likeness (QED) is 0.709. The van der Waals surface area contributed by atoms with E-state index in [4.69, 9.17) is 20.9 Å². The first-order valence-corrected chi connectivity index (χ1v) is 6.81. The number of rotatable bonds is 8. The van der Waals surface area contributed by atoms with E-state index in [-0.39, 0.29) is 0 Å². The van der Waals surface area contributed by atoms with E-state index in [0.717, 1.165) is 49.2 Å². The Morgan fingerprint density at radius 1 is 1.05 bits per heavy atom. The summed E-state index contributed by atoms with van der Waals surface area (Å²) in [5, 5.41) is 0. The van der Waals surface area contributed by atoms with Crippen molar-refractivity contribution in [1.29, 1.82) is 0 Å². The molecule has 1 aromatic rings. The maximum Gasteiger partial charge on any atom is 0.160 e. The van der Waals surface area contributed by atoms with Gasteiger partial charge >= 0.3 is 0 Å². The minimum Gasteiger partial charge on any atom is -0.493 e. The van der Waals surface area contributed by atoms with Gasteiger partial charge in [0.15, 0.2) is 11.5 Å². The molecule has 0 aliphatic carbocycles. The van der Waals surface area contributed by atoms with Gasteiger partial charge in [-0.1, -0.05) is 25.8 Å². The van der Waals surface area contributed by atoms with Crippen molar-refractivity contribution in [2.45, 2.75) is 44.7 Å². The molecule has 0 aliphatic rings. The number of hydrogen-bond acceptors (Lipinski definition) is 4. The van der Waals surface area contributed by atoms with Crippen molar-refractivity contribution >= 4 is 0 Å². The molecule has 4 nitrogen and oxygen atoms in total. The standard InChI is InChI=1S/C15H26N2O2/c1-4-5-9-15(16,17)10-8-12-6-7-13(18-2)14(11-12)19-3/h6-7,11H,4-5,8-10,16-17H2,1-3H3. The number of methoxy groups -OCH3 is 2. The Morgan fingerprint density at radius 2 is 1.74 bits per heavy atom. The van der Waals surface area contributed by atoms with E-state index in [1.807, 2.05) is 18.2 Å². The van der Waals surface area contributed by atoms with E-state index in [1.165, 1.54) is 0 Å².